The topological polar surface area (TPSA) is 26.0 Å². The van der Waals surface area contributed by atoms with Gasteiger partial charge >= 0.3 is 6.18 Å². The van der Waals surface area contributed by atoms with Crippen molar-refractivity contribution in [2.75, 3.05) is 0 Å². The first-order chi connectivity index (χ1) is 9.71. The van der Waals surface area contributed by atoms with Crippen molar-refractivity contribution >= 4 is 15.9 Å². The van der Waals surface area contributed by atoms with Crippen molar-refractivity contribution in [3.63, 3.8) is 0 Å². The van der Waals surface area contributed by atoms with Crippen LogP contribution in [0.3, 0.4) is 0 Å². The van der Waals surface area contributed by atoms with Crippen LogP contribution >= 0.6 is 15.9 Å². The summed E-state index contributed by atoms with van der Waals surface area (Å²) in [6.07, 6.45) is -4.57. The Morgan fingerprint density at radius 1 is 1.00 bits per heavy atom. The van der Waals surface area contributed by atoms with Gasteiger partial charge in [0.25, 0.3) is 0 Å². The van der Waals surface area contributed by atoms with Gasteiger partial charge in [-0.25, -0.2) is 8.78 Å². The summed E-state index contributed by atoms with van der Waals surface area (Å²) in [5.41, 5.74) is 4.29. The molecule has 0 spiro atoms. The summed E-state index contributed by atoms with van der Waals surface area (Å²) in [6, 6.07) is 4.58. The van der Waals surface area contributed by atoms with Gasteiger partial charge in [0.2, 0.25) is 0 Å². The molecule has 21 heavy (non-hydrogen) atoms. The quantitative estimate of drug-likeness (QED) is 0.760. The third kappa shape index (κ3) is 3.24. The maximum Gasteiger partial charge on any atom is 0.416 e. The summed E-state index contributed by atoms with van der Waals surface area (Å²) >= 11 is 3.05. The summed E-state index contributed by atoms with van der Waals surface area (Å²) in [7, 11) is 0. The van der Waals surface area contributed by atoms with E-state index in [9.17, 15) is 22.0 Å². The van der Waals surface area contributed by atoms with E-state index >= 15 is 0 Å². The largest absolute Gasteiger partial charge is 0.416 e. The molecule has 0 saturated heterocycles. The van der Waals surface area contributed by atoms with E-state index in [2.05, 4.69) is 15.9 Å². The molecule has 0 aliphatic carbocycles. The molecule has 112 valence electrons. The third-order valence-corrected chi connectivity index (χ3v) is 3.69. The Balaban J connectivity index is 2.56. The van der Waals surface area contributed by atoms with Gasteiger partial charge in [-0.05, 0) is 35.9 Å². The zero-order valence-corrected chi connectivity index (χ0v) is 12.0. The predicted octanol–water partition coefficient (Wildman–Crippen LogP) is 4.79. The lowest BCUT2D eigenvalue weighted by atomic mass is 9.97. The van der Waals surface area contributed by atoms with Crippen LogP contribution in [0.2, 0.25) is 0 Å². The van der Waals surface area contributed by atoms with Crippen molar-refractivity contribution in [1.29, 1.82) is 0 Å². The van der Waals surface area contributed by atoms with E-state index < -0.39 is 35.0 Å². The lowest BCUT2D eigenvalue weighted by Crippen LogP contribution is -2.17. The molecule has 1 nitrogen and oxygen atoms in total. The van der Waals surface area contributed by atoms with E-state index in [-0.39, 0.29) is 10.0 Å². The van der Waals surface area contributed by atoms with Crippen LogP contribution in [-0.4, -0.2) is 0 Å². The molecule has 1 atom stereocenters. The Bertz CT molecular complexity index is 649. The summed E-state index contributed by atoms with van der Waals surface area (Å²) in [5, 5.41) is 0. The van der Waals surface area contributed by atoms with E-state index in [0.29, 0.717) is 0 Å². The number of rotatable bonds is 2. The maximum absolute atomic E-state index is 13.7. The molecule has 0 heterocycles. The number of nitrogens with two attached hydrogens (primary N) is 1. The van der Waals surface area contributed by atoms with Crippen LogP contribution in [0.1, 0.15) is 22.7 Å². The second-order valence-electron chi connectivity index (χ2n) is 4.35. The van der Waals surface area contributed by atoms with Crippen LogP contribution < -0.4 is 5.73 Å². The highest BCUT2D eigenvalue weighted by atomic mass is 79.9. The van der Waals surface area contributed by atoms with Gasteiger partial charge < -0.3 is 5.73 Å². The fourth-order valence-corrected chi connectivity index (χ4v) is 2.41. The number of benzene rings is 2. The highest BCUT2D eigenvalue weighted by Crippen LogP contribution is 2.35. The molecule has 0 bridgehead atoms. The minimum Gasteiger partial charge on any atom is -0.320 e. The standard InChI is InChI=1S/C14H9BrF5N/c15-9-5-4-7(14(18,19)20)6-8(9)13(21)12-10(16)2-1-3-11(12)17/h1-6,13H,21H2. The van der Waals surface area contributed by atoms with Crippen molar-refractivity contribution in [2.45, 2.75) is 12.2 Å². The van der Waals surface area contributed by atoms with Crippen LogP contribution in [0, 0.1) is 11.6 Å². The minimum absolute atomic E-state index is 0.0474. The third-order valence-electron chi connectivity index (χ3n) is 2.97. The molecule has 0 aliphatic rings. The first kappa shape index (κ1) is 15.9. The zero-order chi connectivity index (χ0) is 15.8. The maximum atomic E-state index is 13.7. The number of halogens is 6. The lowest BCUT2D eigenvalue weighted by molar-refractivity contribution is -0.137. The average Bonchev–Trinajstić information content (AvgIpc) is 2.37. The van der Waals surface area contributed by atoms with Crippen LogP contribution in [-0.2, 0) is 6.18 Å². The molecular formula is C14H9BrF5N. The van der Waals surface area contributed by atoms with Crippen molar-refractivity contribution < 1.29 is 22.0 Å². The summed E-state index contributed by atoms with van der Waals surface area (Å²) in [6.45, 7) is 0. The molecule has 0 aliphatic heterocycles. The molecule has 0 saturated carbocycles. The van der Waals surface area contributed by atoms with Crippen LogP contribution in [0.5, 0.6) is 0 Å². The van der Waals surface area contributed by atoms with Crippen LogP contribution in [0.4, 0.5) is 22.0 Å². The second-order valence-corrected chi connectivity index (χ2v) is 5.20. The second kappa shape index (κ2) is 5.73. The van der Waals surface area contributed by atoms with E-state index in [4.69, 9.17) is 5.73 Å². The van der Waals surface area contributed by atoms with E-state index in [1.54, 1.807) is 0 Å². The van der Waals surface area contributed by atoms with E-state index in [0.717, 1.165) is 36.4 Å². The molecule has 2 rings (SSSR count). The highest BCUT2D eigenvalue weighted by Gasteiger charge is 2.32. The molecule has 7 heteroatoms. The SMILES string of the molecule is NC(c1cc(C(F)(F)F)ccc1Br)c1c(F)cccc1F. The Kier molecular flexibility index (Phi) is 4.34. The Morgan fingerprint density at radius 2 is 1.57 bits per heavy atom. The monoisotopic (exact) mass is 365 g/mol. The van der Waals surface area contributed by atoms with Gasteiger partial charge in [0.15, 0.2) is 0 Å². The molecular weight excluding hydrogens is 357 g/mol. The van der Waals surface area contributed by atoms with E-state index in [1.807, 2.05) is 0 Å². The summed E-state index contributed by atoms with van der Waals surface area (Å²) < 4.78 is 65.8. The Labute approximate surface area is 125 Å². The molecule has 0 amide bonds. The van der Waals surface area contributed by atoms with Crippen LogP contribution in [0.15, 0.2) is 40.9 Å². The normalized spacial score (nSPS) is 13.3. The fraction of sp³-hybridized carbons (Fsp3) is 0.143. The average molecular weight is 366 g/mol. The number of hydrogen-bond acceptors (Lipinski definition) is 1. The summed E-state index contributed by atoms with van der Waals surface area (Å²) in [5.74, 6) is -1.82. The van der Waals surface area contributed by atoms with Crippen molar-refractivity contribution in [1.82, 2.24) is 0 Å². The summed E-state index contributed by atoms with van der Waals surface area (Å²) in [4.78, 5) is 0. The van der Waals surface area contributed by atoms with Crippen molar-refractivity contribution in [3.05, 3.63) is 69.2 Å². The van der Waals surface area contributed by atoms with Gasteiger partial charge in [0.05, 0.1) is 11.6 Å². The predicted molar refractivity (Wildman–Crippen MR) is 71.5 cm³/mol. The zero-order valence-electron chi connectivity index (χ0n) is 10.4. The van der Waals surface area contributed by atoms with Crippen LogP contribution in [0.25, 0.3) is 0 Å². The minimum atomic E-state index is -4.57. The van der Waals surface area contributed by atoms with E-state index in [1.165, 1.54) is 0 Å². The molecule has 0 aromatic heterocycles. The number of hydrogen-bond donors (Lipinski definition) is 1. The Morgan fingerprint density at radius 3 is 2.10 bits per heavy atom. The van der Waals surface area contributed by atoms with Gasteiger partial charge in [0.1, 0.15) is 11.6 Å². The molecule has 2 N–H and O–H groups in total. The molecule has 1 unspecified atom stereocenters. The van der Waals surface area contributed by atoms with Crippen molar-refractivity contribution in [2.24, 2.45) is 5.73 Å². The van der Waals surface area contributed by atoms with Gasteiger partial charge in [-0.1, -0.05) is 22.0 Å². The Hall–Kier alpha value is -1.47. The van der Waals surface area contributed by atoms with Gasteiger partial charge in [-0.3, -0.25) is 0 Å². The van der Waals surface area contributed by atoms with Crippen molar-refractivity contribution in [3.8, 4) is 0 Å². The molecule has 0 radical (unpaired) electrons. The first-order valence-electron chi connectivity index (χ1n) is 5.78. The number of alkyl halides is 3. The molecule has 0 fully saturated rings. The first-order valence-corrected chi connectivity index (χ1v) is 6.57. The highest BCUT2D eigenvalue weighted by molar-refractivity contribution is 9.10. The fourth-order valence-electron chi connectivity index (χ4n) is 1.92. The van der Waals surface area contributed by atoms with Gasteiger partial charge in [0, 0.05) is 10.0 Å². The van der Waals surface area contributed by atoms with Gasteiger partial charge in [-0.15, -0.1) is 0 Å². The smallest absolute Gasteiger partial charge is 0.320 e. The molecule has 2 aromatic carbocycles. The molecule has 2 aromatic rings. The lowest BCUT2D eigenvalue weighted by Gasteiger charge is -2.18. The van der Waals surface area contributed by atoms with Gasteiger partial charge in [-0.2, -0.15) is 13.2 Å².